The van der Waals surface area contributed by atoms with Crippen LogP contribution in [0.2, 0.25) is 0 Å². The van der Waals surface area contributed by atoms with Gasteiger partial charge in [0.1, 0.15) is 0 Å². The molecule has 1 amide bonds. The fourth-order valence-electron chi connectivity index (χ4n) is 2.16. The summed E-state index contributed by atoms with van der Waals surface area (Å²) in [5.41, 5.74) is 0.990. The van der Waals surface area contributed by atoms with Crippen molar-refractivity contribution in [3.05, 3.63) is 30.3 Å². The van der Waals surface area contributed by atoms with E-state index in [2.05, 4.69) is 5.32 Å². The number of anilines is 1. The van der Waals surface area contributed by atoms with Crippen LogP contribution in [0.5, 0.6) is 0 Å². The highest BCUT2D eigenvalue weighted by Gasteiger charge is 2.26. The summed E-state index contributed by atoms with van der Waals surface area (Å²) in [6, 6.07) is 9.88. The number of likely N-dealkylation sites (N-methyl/N-ethyl adjacent to an activating group) is 1. The Labute approximate surface area is 96.5 Å². The first-order valence-electron chi connectivity index (χ1n) is 5.92. The summed E-state index contributed by atoms with van der Waals surface area (Å²) < 4.78 is 0. The van der Waals surface area contributed by atoms with E-state index >= 15 is 0 Å². The number of amides is 1. The van der Waals surface area contributed by atoms with E-state index in [-0.39, 0.29) is 11.9 Å². The predicted molar refractivity (Wildman–Crippen MR) is 65.5 cm³/mol. The second-order valence-corrected chi connectivity index (χ2v) is 4.07. The largest absolute Gasteiger partial charge is 0.311 e. The van der Waals surface area contributed by atoms with E-state index in [1.54, 1.807) is 0 Å². The van der Waals surface area contributed by atoms with E-state index in [0.717, 1.165) is 31.6 Å². The Balaban J connectivity index is 2.13. The highest BCUT2D eigenvalue weighted by molar-refractivity contribution is 5.97. The molecule has 0 saturated carbocycles. The summed E-state index contributed by atoms with van der Waals surface area (Å²) in [6.07, 6.45) is 2.06. The van der Waals surface area contributed by atoms with Gasteiger partial charge < -0.3 is 10.2 Å². The standard InChI is InChI=1S/C13H18N2O/c1-2-15(11-7-4-3-5-8-11)13(16)12-9-6-10-14-12/h3-5,7-8,12,14H,2,6,9-10H2,1H3. The van der Waals surface area contributed by atoms with Gasteiger partial charge in [-0.15, -0.1) is 0 Å². The maximum atomic E-state index is 12.2. The lowest BCUT2D eigenvalue weighted by atomic mass is 10.2. The minimum absolute atomic E-state index is 0.0140. The van der Waals surface area contributed by atoms with Crippen molar-refractivity contribution < 1.29 is 4.79 Å². The maximum absolute atomic E-state index is 12.2. The predicted octanol–water partition coefficient (Wildman–Crippen LogP) is 1.79. The topological polar surface area (TPSA) is 32.3 Å². The molecule has 1 N–H and O–H groups in total. The van der Waals surface area contributed by atoms with Crippen molar-refractivity contribution in [1.82, 2.24) is 5.32 Å². The molecule has 3 heteroatoms. The minimum atomic E-state index is 0.0140. The number of rotatable bonds is 3. The van der Waals surface area contributed by atoms with E-state index in [0.29, 0.717) is 0 Å². The molecule has 1 atom stereocenters. The van der Waals surface area contributed by atoms with Crippen LogP contribution in [0.3, 0.4) is 0 Å². The third-order valence-corrected chi connectivity index (χ3v) is 3.01. The number of para-hydroxylation sites is 1. The second kappa shape index (κ2) is 5.12. The van der Waals surface area contributed by atoms with Gasteiger partial charge in [-0.05, 0) is 38.4 Å². The number of benzene rings is 1. The SMILES string of the molecule is CCN(C(=O)C1CCCN1)c1ccccc1. The Morgan fingerprint density at radius 2 is 2.19 bits per heavy atom. The van der Waals surface area contributed by atoms with Crippen LogP contribution in [-0.4, -0.2) is 25.0 Å². The van der Waals surface area contributed by atoms with Crippen LogP contribution in [0, 0.1) is 0 Å². The van der Waals surface area contributed by atoms with Gasteiger partial charge >= 0.3 is 0 Å². The zero-order chi connectivity index (χ0) is 11.4. The third kappa shape index (κ3) is 2.25. The molecule has 0 aromatic heterocycles. The molecule has 0 aliphatic carbocycles. The summed E-state index contributed by atoms with van der Waals surface area (Å²) >= 11 is 0. The molecule has 1 aliphatic rings. The lowest BCUT2D eigenvalue weighted by molar-refractivity contribution is -0.120. The van der Waals surface area contributed by atoms with Crippen LogP contribution in [-0.2, 0) is 4.79 Å². The van der Waals surface area contributed by atoms with Gasteiger partial charge in [-0.25, -0.2) is 0 Å². The summed E-state index contributed by atoms with van der Waals surface area (Å²) in [7, 11) is 0. The Bertz CT molecular complexity index is 344. The van der Waals surface area contributed by atoms with Gasteiger partial charge in [0.05, 0.1) is 6.04 Å². The molecule has 0 radical (unpaired) electrons. The molecule has 3 nitrogen and oxygen atoms in total. The van der Waals surface area contributed by atoms with E-state index in [9.17, 15) is 4.79 Å². The zero-order valence-electron chi connectivity index (χ0n) is 9.65. The van der Waals surface area contributed by atoms with Crippen LogP contribution in [0.15, 0.2) is 30.3 Å². The highest BCUT2D eigenvalue weighted by Crippen LogP contribution is 2.17. The number of carbonyl (C=O) groups is 1. The molecule has 1 aromatic rings. The zero-order valence-corrected chi connectivity index (χ0v) is 9.65. The van der Waals surface area contributed by atoms with Crippen molar-refractivity contribution in [2.45, 2.75) is 25.8 Å². The molecule has 16 heavy (non-hydrogen) atoms. The lowest BCUT2D eigenvalue weighted by Crippen LogP contribution is -2.43. The number of hydrogen-bond donors (Lipinski definition) is 1. The van der Waals surface area contributed by atoms with E-state index in [1.807, 2.05) is 42.2 Å². The van der Waals surface area contributed by atoms with Gasteiger partial charge in [0.2, 0.25) is 5.91 Å². The third-order valence-electron chi connectivity index (χ3n) is 3.01. The van der Waals surface area contributed by atoms with Gasteiger partial charge in [-0.1, -0.05) is 18.2 Å². The lowest BCUT2D eigenvalue weighted by Gasteiger charge is -2.24. The normalized spacial score (nSPS) is 19.7. The number of carbonyl (C=O) groups excluding carboxylic acids is 1. The van der Waals surface area contributed by atoms with Gasteiger partial charge in [0.15, 0.2) is 0 Å². The maximum Gasteiger partial charge on any atom is 0.244 e. The molecular formula is C13H18N2O. The van der Waals surface area contributed by atoms with Gasteiger partial charge in [-0.2, -0.15) is 0 Å². The first-order chi connectivity index (χ1) is 7.83. The fourth-order valence-corrected chi connectivity index (χ4v) is 2.16. The van der Waals surface area contributed by atoms with Crippen LogP contribution >= 0.6 is 0 Å². The van der Waals surface area contributed by atoms with Gasteiger partial charge in [-0.3, -0.25) is 4.79 Å². The molecule has 1 unspecified atom stereocenters. The summed E-state index contributed by atoms with van der Waals surface area (Å²) in [5, 5.41) is 3.25. The molecule has 0 bridgehead atoms. The van der Waals surface area contributed by atoms with Crippen molar-refractivity contribution in [3.63, 3.8) is 0 Å². The van der Waals surface area contributed by atoms with Crippen molar-refractivity contribution >= 4 is 11.6 Å². The van der Waals surface area contributed by atoms with Crippen LogP contribution in [0.4, 0.5) is 5.69 Å². The number of hydrogen-bond acceptors (Lipinski definition) is 2. The van der Waals surface area contributed by atoms with Crippen LogP contribution in [0.25, 0.3) is 0 Å². The smallest absolute Gasteiger partial charge is 0.244 e. The Kier molecular flexibility index (Phi) is 3.57. The monoisotopic (exact) mass is 218 g/mol. The minimum Gasteiger partial charge on any atom is -0.311 e. The van der Waals surface area contributed by atoms with E-state index in [4.69, 9.17) is 0 Å². The average molecular weight is 218 g/mol. The Hall–Kier alpha value is -1.35. The first kappa shape index (κ1) is 11.1. The van der Waals surface area contributed by atoms with Crippen molar-refractivity contribution in [1.29, 1.82) is 0 Å². The van der Waals surface area contributed by atoms with Crippen molar-refractivity contribution in [2.24, 2.45) is 0 Å². The van der Waals surface area contributed by atoms with Crippen molar-refractivity contribution in [2.75, 3.05) is 18.0 Å². The second-order valence-electron chi connectivity index (χ2n) is 4.07. The fraction of sp³-hybridized carbons (Fsp3) is 0.462. The molecule has 1 fully saturated rings. The Morgan fingerprint density at radius 1 is 1.44 bits per heavy atom. The summed E-state index contributed by atoms with van der Waals surface area (Å²) in [5.74, 6) is 0.200. The molecule has 2 rings (SSSR count). The van der Waals surface area contributed by atoms with Crippen molar-refractivity contribution in [3.8, 4) is 0 Å². The van der Waals surface area contributed by atoms with Crippen LogP contribution < -0.4 is 10.2 Å². The quantitative estimate of drug-likeness (QED) is 0.839. The van der Waals surface area contributed by atoms with Crippen LogP contribution in [0.1, 0.15) is 19.8 Å². The highest BCUT2D eigenvalue weighted by atomic mass is 16.2. The van der Waals surface area contributed by atoms with Gasteiger partial charge in [0, 0.05) is 12.2 Å². The molecule has 0 spiro atoms. The number of nitrogens with zero attached hydrogens (tertiary/aromatic N) is 1. The molecule has 1 aliphatic heterocycles. The molecule has 1 heterocycles. The molecule has 1 aromatic carbocycles. The summed E-state index contributed by atoms with van der Waals surface area (Å²) in [6.45, 7) is 3.70. The molecular weight excluding hydrogens is 200 g/mol. The molecule has 1 saturated heterocycles. The average Bonchev–Trinajstić information content (AvgIpc) is 2.85. The number of nitrogens with one attached hydrogen (secondary N) is 1. The van der Waals surface area contributed by atoms with E-state index in [1.165, 1.54) is 0 Å². The Morgan fingerprint density at radius 3 is 2.75 bits per heavy atom. The molecule has 86 valence electrons. The first-order valence-corrected chi connectivity index (χ1v) is 5.92. The van der Waals surface area contributed by atoms with E-state index < -0.39 is 0 Å². The summed E-state index contributed by atoms with van der Waals surface area (Å²) in [4.78, 5) is 14.1. The van der Waals surface area contributed by atoms with Gasteiger partial charge in [0.25, 0.3) is 0 Å².